The van der Waals surface area contributed by atoms with Gasteiger partial charge in [0.1, 0.15) is 0 Å². The Balaban J connectivity index is 2.23. The van der Waals surface area contributed by atoms with Gasteiger partial charge in [-0.15, -0.1) is 0 Å². The van der Waals surface area contributed by atoms with E-state index in [-0.39, 0.29) is 11.1 Å². The molecule has 0 aliphatic carbocycles. The number of hydrogen-bond acceptors (Lipinski definition) is 4. The first-order valence-electron chi connectivity index (χ1n) is 6.30. The van der Waals surface area contributed by atoms with Gasteiger partial charge in [-0.25, -0.2) is 4.99 Å². The van der Waals surface area contributed by atoms with E-state index in [0.717, 1.165) is 11.3 Å². The first-order chi connectivity index (χ1) is 10.3. The van der Waals surface area contributed by atoms with E-state index in [4.69, 9.17) is 22.9 Å². The Morgan fingerprint density at radius 2 is 1.67 bits per heavy atom. The van der Waals surface area contributed by atoms with Crippen LogP contribution in [0.3, 0.4) is 0 Å². The molecule has 1 heterocycles. The maximum absolute atomic E-state index is 5.49. The third-order valence-electron chi connectivity index (χ3n) is 2.88. The summed E-state index contributed by atoms with van der Waals surface area (Å²) < 4.78 is 6.97. The zero-order valence-corrected chi connectivity index (χ0v) is 11.8. The number of amidine groups is 1. The van der Waals surface area contributed by atoms with Crippen molar-refractivity contribution in [3.8, 4) is 16.9 Å². The zero-order chi connectivity index (χ0) is 14.7. The molecule has 2 aromatic carbocycles. The van der Waals surface area contributed by atoms with Gasteiger partial charge in [0, 0.05) is 12.1 Å². The molecule has 21 heavy (non-hydrogen) atoms. The van der Waals surface area contributed by atoms with Gasteiger partial charge in [-0.05, 0) is 22.0 Å². The molecular formula is C15H12N4OS. The Labute approximate surface area is 127 Å². The molecule has 0 amide bonds. The summed E-state index contributed by atoms with van der Waals surface area (Å²) in [6.07, 6.45) is 0. The zero-order valence-electron chi connectivity index (χ0n) is 11.0. The fraction of sp³-hybridized carbons (Fsp3) is 0. The number of benzene rings is 2. The standard InChI is InChI=1S/C15H12N4OS/c16-15(21)17-14-13(11-7-3-1-4-8-11)19(18-20-14)12-9-5-2-6-10-12/h1-10H,(H2-,16,17,18,21). The summed E-state index contributed by atoms with van der Waals surface area (Å²) in [6.45, 7) is 0. The quantitative estimate of drug-likeness (QED) is 0.348. The third kappa shape index (κ3) is 2.75. The SMILES string of the molecule is N/C([S-])=N\c1on[n+](-c2ccccc2)c1-c1ccccc1. The Kier molecular flexibility index (Phi) is 3.61. The number of aromatic nitrogens is 2. The van der Waals surface area contributed by atoms with Crippen molar-refractivity contribution in [2.75, 3.05) is 0 Å². The van der Waals surface area contributed by atoms with Crippen LogP contribution >= 0.6 is 0 Å². The second-order valence-electron chi connectivity index (χ2n) is 4.29. The minimum absolute atomic E-state index is 0.00328. The van der Waals surface area contributed by atoms with E-state index >= 15 is 0 Å². The van der Waals surface area contributed by atoms with Gasteiger partial charge >= 0.3 is 11.6 Å². The predicted molar refractivity (Wildman–Crippen MR) is 82.1 cm³/mol. The number of rotatable bonds is 3. The van der Waals surface area contributed by atoms with E-state index in [0.29, 0.717) is 5.69 Å². The first-order valence-corrected chi connectivity index (χ1v) is 6.70. The summed E-state index contributed by atoms with van der Waals surface area (Å²) in [6, 6.07) is 19.4. The predicted octanol–water partition coefficient (Wildman–Crippen LogP) is 2.11. The van der Waals surface area contributed by atoms with Crippen molar-refractivity contribution >= 4 is 23.7 Å². The molecule has 0 spiro atoms. The lowest BCUT2D eigenvalue weighted by molar-refractivity contribution is -0.660. The lowest BCUT2D eigenvalue weighted by Crippen LogP contribution is -2.34. The molecule has 0 bridgehead atoms. The van der Waals surface area contributed by atoms with Crippen molar-refractivity contribution in [2.24, 2.45) is 10.7 Å². The van der Waals surface area contributed by atoms with Crippen LogP contribution in [0.25, 0.3) is 16.9 Å². The third-order valence-corrected chi connectivity index (χ3v) is 2.97. The summed E-state index contributed by atoms with van der Waals surface area (Å²) in [4.78, 5) is 4.04. The Morgan fingerprint density at radius 1 is 1.05 bits per heavy atom. The number of para-hydroxylation sites is 1. The largest absolute Gasteiger partial charge is 0.743 e. The topological polar surface area (TPSA) is 68.3 Å². The van der Waals surface area contributed by atoms with Crippen LogP contribution in [0.4, 0.5) is 5.88 Å². The summed E-state index contributed by atoms with van der Waals surface area (Å²) in [7, 11) is 0. The molecule has 0 saturated heterocycles. The van der Waals surface area contributed by atoms with Crippen molar-refractivity contribution in [2.45, 2.75) is 0 Å². The highest BCUT2D eigenvalue weighted by molar-refractivity contribution is 7.77. The van der Waals surface area contributed by atoms with Crippen LogP contribution in [-0.2, 0) is 12.6 Å². The summed E-state index contributed by atoms with van der Waals surface area (Å²) >= 11 is 4.83. The molecule has 0 aliphatic rings. The molecule has 0 radical (unpaired) electrons. The average molecular weight is 296 g/mol. The van der Waals surface area contributed by atoms with E-state index < -0.39 is 0 Å². The van der Waals surface area contributed by atoms with Crippen molar-refractivity contribution in [1.29, 1.82) is 0 Å². The smallest absolute Gasteiger partial charge is 0.330 e. The van der Waals surface area contributed by atoms with E-state index in [2.05, 4.69) is 10.3 Å². The molecule has 6 heteroatoms. The van der Waals surface area contributed by atoms with Gasteiger partial charge in [0.05, 0.1) is 5.56 Å². The van der Waals surface area contributed by atoms with Gasteiger partial charge in [0.15, 0.2) is 0 Å². The average Bonchev–Trinajstić information content (AvgIpc) is 2.92. The molecule has 0 atom stereocenters. The maximum Gasteiger partial charge on any atom is 0.330 e. The highest BCUT2D eigenvalue weighted by Crippen LogP contribution is 2.27. The molecule has 104 valence electrons. The van der Waals surface area contributed by atoms with Crippen LogP contribution < -0.4 is 10.4 Å². The normalized spacial score (nSPS) is 11.5. The van der Waals surface area contributed by atoms with Gasteiger partial charge in [-0.2, -0.15) is 0 Å². The molecule has 1 aromatic heterocycles. The molecular weight excluding hydrogens is 284 g/mol. The van der Waals surface area contributed by atoms with Gasteiger partial charge in [0.25, 0.3) is 0 Å². The van der Waals surface area contributed by atoms with Crippen LogP contribution in [0.15, 0.2) is 70.2 Å². The Hall–Kier alpha value is -2.73. The van der Waals surface area contributed by atoms with Crippen LogP contribution in [0.1, 0.15) is 0 Å². The highest BCUT2D eigenvalue weighted by Gasteiger charge is 2.27. The van der Waals surface area contributed by atoms with Crippen molar-refractivity contribution in [1.82, 2.24) is 5.27 Å². The summed E-state index contributed by atoms with van der Waals surface area (Å²) in [5.41, 5.74) is 7.97. The van der Waals surface area contributed by atoms with E-state index in [1.54, 1.807) is 4.68 Å². The van der Waals surface area contributed by atoms with Gasteiger partial charge in [0.2, 0.25) is 11.0 Å². The second kappa shape index (κ2) is 5.72. The first kappa shape index (κ1) is 13.3. The summed E-state index contributed by atoms with van der Waals surface area (Å²) in [5, 5.41) is 4.05. The minimum Gasteiger partial charge on any atom is -0.743 e. The van der Waals surface area contributed by atoms with Crippen LogP contribution in [-0.4, -0.2) is 10.4 Å². The number of nitrogens with two attached hydrogens (primary N) is 1. The lowest BCUT2D eigenvalue weighted by Gasteiger charge is -1.99. The molecule has 0 saturated carbocycles. The van der Waals surface area contributed by atoms with E-state index in [9.17, 15) is 0 Å². The Bertz CT molecular complexity index is 765. The molecule has 3 aromatic rings. The monoisotopic (exact) mass is 296 g/mol. The van der Waals surface area contributed by atoms with Gasteiger partial charge in [-0.1, -0.05) is 36.4 Å². The van der Waals surface area contributed by atoms with Crippen molar-refractivity contribution in [3.05, 3.63) is 60.7 Å². The fourth-order valence-electron chi connectivity index (χ4n) is 2.01. The van der Waals surface area contributed by atoms with Crippen molar-refractivity contribution in [3.63, 3.8) is 0 Å². The van der Waals surface area contributed by atoms with Gasteiger partial charge in [-0.3, -0.25) is 4.52 Å². The van der Waals surface area contributed by atoms with Crippen LogP contribution in [0.5, 0.6) is 0 Å². The fourth-order valence-corrected chi connectivity index (χ4v) is 2.10. The molecule has 0 fully saturated rings. The van der Waals surface area contributed by atoms with E-state index in [1.807, 2.05) is 60.7 Å². The second-order valence-corrected chi connectivity index (χ2v) is 4.71. The highest BCUT2D eigenvalue weighted by atomic mass is 32.1. The Morgan fingerprint density at radius 3 is 2.29 bits per heavy atom. The van der Waals surface area contributed by atoms with Crippen LogP contribution in [0.2, 0.25) is 0 Å². The molecule has 2 N–H and O–H groups in total. The summed E-state index contributed by atoms with van der Waals surface area (Å²) in [5.74, 6) is 0.289. The van der Waals surface area contributed by atoms with E-state index in [1.165, 1.54) is 0 Å². The number of aliphatic imine (C=N–C) groups is 1. The molecule has 5 nitrogen and oxygen atoms in total. The van der Waals surface area contributed by atoms with Crippen molar-refractivity contribution < 1.29 is 9.20 Å². The van der Waals surface area contributed by atoms with Crippen LogP contribution in [0, 0.1) is 0 Å². The molecule has 0 aliphatic heterocycles. The minimum atomic E-state index is 0.00328. The lowest BCUT2D eigenvalue weighted by atomic mass is 10.1. The van der Waals surface area contributed by atoms with Gasteiger partial charge < -0.3 is 18.4 Å². The molecule has 0 unspecified atom stereocenters. The maximum atomic E-state index is 5.49. The molecule has 3 rings (SSSR count). The number of hydrogen-bond donors (Lipinski definition) is 1. The number of nitrogens with zero attached hydrogens (tertiary/aromatic N) is 3.